The van der Waals surface area contributed by atoms with Gasteiger partial charge in [-0.3, -0.25) is 0 Å². The molecule has 3 aromatic heterocycles. The van der Waals surface area contributed by atoms with E-state index in [1.807, 2.05) is 71.6 Å². The van der Waals surface area contributed by atoms with Crippen LogP contribution in [0.4, 0.5) is 5.69 Å². The van der Waals surface area contributed by atoms with Gasteiger partial charge in [-0.05, 0) is 40.9 Å². The molecule has 0 aliphatic carbocycles. The normalized spacial score (nSPS) is 11.9. The Hall–Kier alpha value is -4.47. The first kappa shape index (κ1) is 28.1. The average molecular weight is 712 g/mol. The Bertz CT molecular complexity index is 1820. The van der Waals surface area contributed by atoms with Gasteiger partial charge in [-0.1, -0.05) is 70.3 Å². The molecule has 6 aromatic rings. The first-order chi connectivity index (χ1) is 19.8. The molecule has 1 aliphatic rings. The predicted molar refractivity (Wildman–Crippen MR) is 160 cm³/mol. The molecule has 0 fully saturated rings. The average Bonchev–Trinajstić information content (AvgIpc) is 3.64. The molecule has 0 N–H and O–H groups in total. The fourth-order valence-electron chi connectivity index (χ4n) is 4.76. The van der Waals surface area contributed by atoms with E-state index in [1.54, 1.807) is 6.20 Å². The number of benzene rings is 3. The van der Waals surface area contributed by atoms with Gasteiger partial charge in [-0.15, -0.1) is 42.0 Å². The number of hydrogen-bond acceptors (Lipinski definition) is 2. The van der Waals surface area contributed by atoms with E-state index in [-0.39, 0.29) is 20.1 Å². The van der Waals surface area contributed by atoms with Crippen LogP contribution < -0.4 is 0 Å². The van der Waals surface area contributed by atoms with E-state index in [2.05, 4.69) is 92.8 Å². The second-order valence-electron chi connectivity index (χ2n) is 9.47. The van der Waals surface area contributed by atoms with Crippen LogP contribution in [0.2, 0.25) is 0 Å². The molecule has 0 atom stereocenters. The summed E-state index contributed by atoms with van der Waals surface area (Å²) < 4.78 is 6.34. The predicted octanol–water partition coefficient (Wildman–Crippen LogP) is 7.64. The summed E-state index contributed by atoms with van der Waals surface area (Å²) in [6.45, 7) is 3.19. The van der Waals surface area contributed by atoms with E-state index < -0.39 is 0 Å². The zero-order valence-corrected chi connectivity index (χ0v) is 25.1. The molecule has 0 saturated carbocycles. The minimum Gasteiger partial charge on any atom is -0.318 e. The van der Waals surface area contributed by atoms with Crippen LogP contribution >= 0.6 is 0 Å². The van der Waals surface area contributed by atoms with Crippen molar-refractivity contribution in [2.75, 3.05) is 6.54 Å². The summed E-state index contributed by atoms with van der Waals surface area (Å²) in [5.41, 5.74) is 6.17. The van der Waals surface area contributed by atoms with Crippen LogP contribution in [0.15, 0.2) is 122 Å². The van der Waals surface area contributed by atoms with Gasteiger partial charge < -0.3 is 9.55 Å². The standard InChI is InChI=1S/C24H21N4.C11H8N.Ir/c1-2-3-14-26-15-16-27(18-26)20-11-12-21-22-10-7-13-25-24(22)28(23(21)17-20)19-8-5-4-6-9-19;1-2-6-10(7-3-1)11-8-4-5-9-12-11;/h4-10,12-13,15-17H,2-3,14H2,1H3;1-6,8-9H;/q+1;-1;. The Labute approximate surface area is 253 Å². The van der Waals surface area contributed by atoms with Gasteiger partial charge in [0, 0.05) is 44.6 Å². The number of aromatic nitrogens is 3. The van der Waals surface area contributed by atoms with Gasteiger partial charge in [0.1, 0.15) is 11.3 Å². The minimum absolute atomic E-state index is 0. The third-order valence-corrected chi connectivity index (χ3v) is 6.75. The molecular weight excluding hydrogens is 683 g/mol. The summed E-state index contributed by atoms with van der Waals surface area (Å²) in [5.74, 6) is 0. The van der Waals surface area contributed by atoms with Gasteiger partial charge in [0.25, 0.3) is 6.20 Å². The maximum absolute atomic E-state index is 4.67. The SMILES string of the molecule is CCCC[N+]1=C=[N+](c2[c-]cc3c4cccnc4n(-c4ccccc4)c3c2)C=C1.[Ir].[c-]1ccccc1-c1ccccn1. The summed E-state index contributed by atoms with van der Waals surface area (Å²) in [4.78, 5) is 8.88. The van der Waals surface area contributed by atoms with E-state index in [0.717, 1.165) is 57.5 Å². The van der Waals surface area contributed by atoms with Gasteiger partial charge >= 0.3 is 6.01 Å². The number of fused-ring (bicyclic) bond motifs is 3. The number of unbranched alkanes of at least 4 members (excludes halogenated alkanes) is 1. The smallest absolute Gasteiger partial charge is 0.318 e. The van der Waals surface area contributed by atoms with E-state index in [0.29, 0.717) is 0 Å². The van der Waals surface area contributed by atoms with Crippen LogP contribution in [0.3, 0.4) is 0 Å². The maximum Gasteiger partial charge on any atom is 0.493 e. The largest absolute Gasteiger partial charge is 0.493 e. The number of hydrogen-bond donors (Lipinski definition) is 0. The monoisotopic (exact) mass is 712 g/mol. The van der Waals surface area contributed by atoms with Crippen LogP contribution in [0.5, 0.6) is 0 Å². The van der Waals surface area contributed by atoms with Crippen molar-refractivity contribution < 1.29 is 29.3 Å². The second-order valence-corrected chi connectivity index (χ2v) is 9.47. The molecule has 203 valence electrons. The summed E-state index contributed by atoms with van der Waals surface area (Å²) >= 11 is 0. The molecule has 7 rings (SSSR count). The van der Waals surface area contributed by atoms with Gasteiger partial charge in [-0.25, -0.2) is 4.98 Å². The Morgan fingerprint density at radius 3 is 2.44 bits per heavy atom. The number of pyridine rings is 2. The van der Waals surface area contributed by atoms with Crippen molar-refractivity contribution in [3.8, 4) is 16.9 Å². The first-order valence-corrected chi connectivity index (χ1v) is 13.6. The molecule has 0 bridgehead atoms. The Morgan fingerprint density at radius 2 is 1.66 bits per heavy atom. The molecule has 0 spiro atoms. The number of para-hydroxylation sites is 1. The topological polar surface area (TPSA) is 36.7 Å². The molecule has 41 heavy (non-hydrogen) atoms. The second kappa shape index (κ2) is 13.3. The van der Waals surface area contributed by atoms with Gasteiger partial charge in [-0.2, -0.15) is 6.07 Å². The minimum atomic E-state index is 0. The molecule has 1 aliphatic heterocycles. The number of nitrogens with zero attached hydrogens (tertiary/aromatic N) is 5. The molecule has 6 heteroatoms. The van der Waals surface area contributed by atoms with Gasteiger partial charge in [0.2, 0.25) is 6.20 Å². The Balaban J connectivity index is 0.000000218. The first-order valence-electron chi connectivity index (χ1n) is 13.6. The summed E-state index contributed by atoms with van der Waals surface area (Å²) in [6, 6.07) is 42.4. The van der Waals surface area contributed by atoms with Crippen LogP contribution in [0.1, 0.15) is 19.8 Å². The van der Waals surface area contributed by atoms with Crippen molar-refractivity contribution in [3.05, 3.63) is 134 Å². The third kappa shape index (κ3) is 6.16. The van der Waals surface area contributed by atoms with Crippen LogP contribution in [-0.4, -0.2) is 36.2 Å². The molecule has 5 nitrogen and oxygen atoms in total. The molecule has 4 heterocycles. The van der Waals surface area contributed by atoms with Crippen molar-refractivity contribution in [2.24, 2.45) is 0 Å². The molecule has 3 aromatic carbocycles. The van der Waals surface area contributed by atoms with E-state index >= 15 is 0 Å². The quantitative estimate of drug-likeness (QED) is 0.132. The van der Waals surface area contributed by atoms with E-state index in [1.165, 1.54) is 6.42 Å². The third-order valence-electron chi connectivity index (χ3n) is 6.75. The van der Waals surface area contributed by atoms with Crippen LogP contribution in [0.25, 0.3) is 38.9 Å². The summed E-state index contributed by atoms with van der Waals surface area (Å²) in [5, 5.41) is 2.29. The molecular formula is C35H29IrN5. The van der Waals surface area contributed by atoms with E-state index in [9.17, 15) is 0 Å². The Kier molecular flexibility index (Phi) is 9.08. The van der Waals surface area contributed by atoms with Crippen LogP contribution in [0, 0.1) is 12.1 Å². The Morgan fingerprint density at radius 1 is 0.829 bits per heavy atom. The van der Waals surface area contributed by atoms with Crippen molar-refractivity contribution in [1.29, 1.82) is 0 Å². The maximum atomic E-state index is 4.67. The summed E-state index contributed by atoms with van der Waals surface area (Å²) in [6.07, 6.45) is 10.1. The molecule has 0 unspecified atom stereocenters. The zero-order valence-electron chi connectivity index (χ0n) is 22.7. The van der Waals surface area contributed by atoms with E-state index in [4.69, 9.17) is 0 Å². The summed E-state index contributed by atoms with van der Waals surface area (Å²) in [7, 11) is 0. The molecule has 0 amide bonds. The molecule has 0 saturated heterocycles. The fraction of sp³-hybridized carbons (Fsp3) is 0.114. The van der Waals surface area contributed by atoms with Crippen molar-refractivity contribution in [3.63, 3.8) is 0 Å². The van der Waals surface area contributed by atoms with Crippen molar-refractivity contribution in [1.82, 2.24) is 14.5 Å². The van der Waals surface area contributed by atoms with Gasteiger partial charge in [0.15, 0.2) is 6.54 Å². The zero-order chi connectivity index (χ0) is 27.1. The van der Waals surface area contributed by atoms with Gasteiger partial charge in [0.05, 0.1) is 0 Å². The van der Waals surface area contributed by atoms with Crippen LogP contribution in [-0.2, 0) is 20.1 Å². The van der Waals surface area contributed by atoms with Crippen molar-refractivity contribution >= 4 is 33.6 Å². The molecule has 1 radical (unpaired) electrons. The number of rotatable bonds is 6. The van der Waals surface area contributed by atoms with Crippen molar-refractivity contribution in [2.45, 2.75) is 19.8 Å². The fourth-order valence-corrected chi connectivity index (χ4v) is 4.76.